The molecular formula is C24H27N7O6S. The molecule has 0 fully saturated rings. The first-order valence-corrected chi connectivity index (χ1v) is 12.9. The largest absolute Gasteiger partial charge is 0.494 e. The highest BCUT2D eigenvalue weighted by Crippen LogP contribution is 2.38. The summed E-state index contributed by atoms with van der Waals surface area (Å²) in [5.41, 5.74) is 1.44. The number of aryl methyl sites for hydroxylation is 1. The van der Waals surface area contributed by atoms with Gasteiger partial charge in [-0.2, -0.15) is 0 Å². The Hall–Kier alpha value is -4.30. The maximum atomic E-state index is 13.4. The highest BCUT2D eigenvalue weighted by atomic mass is 32.2. The van der Waals surface area contributed by atoms with E-state index in [9.17, 15) is 13.5 Å². The maximum absolute atomic E-state index is 13.4. The fourth-order valence-electron chi connectivity index (χ4n) is 3.59. The first-order chi connectivity index (χ1) is 18.2. The Balaban J connectivity index is 1.84. The molecular weight excluding hydrogens is 514 g/mol. The van der Waals surface area contributed by atoms with Gasteiger partial charge in [-0.15, -0.1) is 10.2 Å². The number of methoxy groups -OCH3 is 3. The van der Waals surface area contributed by atoms with Crippen molar-refractivity contribution in [3.05, 3.63) is 60.2 Å². The quantitative estimate of drug-likeness (QED) is 0.303. The number of sulfonamides is 1. The van der Waals surface area contributed by atoms with E-state index in [0.29, 0.717) is 28.8 Å². The topological polar surface area (TPSA) is 163 Å². The van der Waals surface area contributed by atoms with Crippen LogP contribution >= 0.6 is 0 Å². The summed E-state index contributed by atoms with van der Waals surface area (Å²) in [5.74, 6) is 1.00. The number of hydrogen-bond acceptors (Lipinski definition) is 11. The minimum Gasteiger partial charge on any atom is -0.494 e. The lowest BCUT2D eigenvalue weighted by molar-refractivity contribution is 0.166. The number of ether oxygens (including phenoxy) is 3. The van der Waals surface area contributed by atoms with Gasteiger partial charge in [-0.05, 0) is 37.6 Å². The van der Waals surface area contributed by atoms with E-state index in [1.165, 1.54) is 45.2 Å². The van der Waals surface area contributed by atoms with E-state index in [2.05, 4.69) is 29.9 Å². The maximum Gasteiger partial charge on any atom is 0.243 e. The Morgan fingerprint density at radius 3 is 2.18 bits per heavy atom. The van der Waals surface area contributed by atoms with E-state index in [-0.39, 0.29) is 17.6 Å². The minimum atomic E-state index is -4.25. The summed E-state index contributed by atoms with van der Waals surface area (Å²) < 4.78 is 47.0. The van der Waals surface area contributed by atoms with Crippen LogP contribution in [0.2, 0.25) is 0 Å². The monoisotopic (exact) mass is 541 g/mol. The van der Waals surface area contributed by atoms with Gasteiger partial charge < -0.3 is 19.3 Å². The van der Waals surface area contributed by atoms with Crippen molar-refractivity contribution in [2.45, 2.75) is 25.2 Å². The summed E-state index contributed by atoms with van der Waals surface area (Å²) in [4.78, 5) is 12.5. The van der Waals surface area contributed by atoms with Gasteiger partial charge in [0.15, 0.2) is 11.6 Å². The highest BCUT2D eigenvalue weighted by molar-refractivity contribution is 7.93. The molecule has 0 bridgehead atoms. The van der Waals surface area contributed by atoms with Crippen LogP contribution in [0.1, 0.15) is 24.4 Å². The number of hydrogen-bond donors (Lipinski definition) is 2. The van der Waals surface area contributed by atoms with Crippen LogP contribution in [0.4, 0.5) is 5.95 Å². The number of benzene rings is 1. The highest BCUT2D eigenvalue weighted by Gasteiger charge is 2.34. The third kappa shape index (κ3) is 5.21. The molecule has 4 aromatic rings. The van der Waals surface area contributed by atoms with Crippen molar-refractivity contribution in [3.63, 3.8) is 0 Å². The van der Waals surface area contributed by atoms with Crippen LogP contribution < -0.4 is 18.9 Å². The Morgan fingerprint density at radius 2 is 1.58 bits per heavy atom. The Labute approximate surface area is 219 Å². The van der Waals surface area contributed by atoms with E-state index in [1.807, 2.05) is 0 Å². The molecule has 200 valence electrons. The number of aliphatic hydroxyl groups excluding tert-OH is 1. The summed E-state index contributed by atoms with van der Waals surface area (Å²) in [5, 5.41) is 17.7. The zero-order valence-corrected chi connectivity index (χ0v) is 22.2. The predicted molar refractivity (Wildman–Crippen MR) is 138 cm³/mol. The predicted octanol–water partition coefficient (Wildman–Crippen LogP) is 2.32. The fourth-order valence-corrected chi connectivity index (χ4v) is 4.62. The summed E-state index contributed by atoms with van der Waals surface area (Å²) in [6.45, 7) is 3.12. The lowest BCUT2D eigenvalue weighted by atomic mass is 10.2. The Kier molecular flexibility index (Phi) is 7.73. The molecule has 3 aromatic heterocycles. The molecule has 0 saturated carbocycles. The lowest BCUT2D eigenvalue weighted by Crippen LogP contribution is -2.32. The van der Waals surface area contributed by atoms with Crippen molar-refractivity contribution in [3.8, 4) is 34.6 Å². The van der Waals surface area contributed by atoms with Crippen LogP contribution in [0.3, 0.4) is 0 Å². The number of nitrogens with one attached hydrogen (secondary N) is 1. The van der Waals surface area contributed by atoms with Gasteiger partial charge in [0.25, 0.3) is 0 Å². The second-order valence-corrected chi connectivity index (χ2v) is 10.2. The molecule has 2 atom stereocenters. The third-order valence-corrected chi connectivity index (χ3v) is 7.39. The van der Waals surface area contributed by atoms with Gasteiger partial charge in [-0.1, -0.05) is 12.1 Å². The molecule has 0 unspecified atom stereocenters. The van der Waals surface area contributed by atoms with Gasteiger partial charge in [0.2, 0.25) is 21.9 Å². The van der Waals surface area contributed by atoms with E-state index >= 15 is 0 Å². The van der Waals surface area contributed by atoms with Crippen LogP contribution in [-0.4, -0.2) is 69.8 Å². The molecule has 0 amide bonds. The molecule has 14 heteroatoms. The Morgan fingerprint density at radius 1 is 0.947 bits per heavy atom. The summed E-state index contributed by atoms with van der Waals surface area (Å²) >= 11 is 0. The number of rotatable bonds is 10. The smallest absolute Gasteiger partial charge is 0.243 e. The van der Waals surface area contributed by atoms with Crippen LogP contribution in [0.5, 0.6) is 17.4 Å². The van der Waals surface area contributed by atoms with E-state index in [0.717, 1.165) is 5.56 Å². The van der Waals surface area contributed by atoms with Crippen LogP contribution in [-0.2, 0) is 10.0 Å². The lowest BCUT2D eigenvalue weighted by Gasteiger charge is -2.20. The Bertz CT molecular complexity index is 1500. The summed E-state index contributed by atoms with van der Waals surface area (Å²) in [7, 11) is 0.160. The minimum absolute atomic E-state index is 0.0254. The molecule has 4 rings (SSSR count). The average molecular weight is 542 g/mol. The van der Waals surface area contributed by atoms with Crippen LogP contribution in [0.25, 0.3) is 17.2 Å². The summed E-state index contributed by atoms with van der Waals surface area (Å²) in [6, 6.07) is 10.1. The molecule has 13 nitrogen and oxygen atoms in total. The van der Waals surface area contributed by atoms with Crippen LogP contribution in [0, 0.1) is 6.92 Å². The molecule has 1 aromatic carbocycles. The van der Waals surface area contributed by atoms with Crippen molar-refractivity contribution < 1.29 is 27.7 Å². The van der Waals surface area contributed by atoms with Gasteiger partial charge in [0, 0.05) is 18.5 Å². The molecule has 3 heterocycles. The van der Waals surface area contributed by atoms with E-state index in [4.69, 9.17) is 14.2 Å². The van der Waals surface area contributed by atoms with Gasteiger partial charge in [0.1, 0.15) is 34.2 Å². The molecule has 0 radical (unpaired) electrons. The van der Waals surface area contributed by atoms with Crippen molar-refractivity contribution in [2.24, 2.45) is 0 Å². The number of anilines is 1. The molecule has 38 heavy (non-hydrogen) atoms. The first-order valence-electron chi connectivity index (χ1n) is 11.4. The van der Waals surface area contributed by atoms with Crippen molar-refractivity contribution >= 4 is 16.0 Å². The van der Waals surface area contributed by atoms with Gasteiger partial charge in [0.05, 0.1) is 21.3 Å². The fraction of sp³-hybridized carbons (Fsp3) is 0.292. The van der Waals surface area contributed by atoms with E-state index in [1.54, 1.807) is 43.3 Å². The normalized spacial score (nSPS) is 13.0. The summed E-state index contributed by atoms with van der Waals surface area (Å²) in [6.07, 6.45) is 1.48. The van der Waals surface area contributed by atoms with Crippen molar-refractivity contribution in [1.29, 1.82) is 0 Å². The zero-order valence-electron chi connectivity index (χ0n) is 21.4. The van der Waals surface area contributed by atoms with Crippen LogP contribution in [0.15, 0.2) is 48.8 Å². The molecule has 0 spiro atoms. The van der Waals surface area contributed by atoms with Gasteiger partial charge in [-0.3, -0.25) is 9.29 Å². The zero-order chi connectivity index (χ0) is 27.4. The average Bonchev–Trinajstić information content (AvgIpc) is 3.34. The SMILES string of the molecule is COc1cccc(-c2nnc(NS(=O)(=O)[C@H](C)[C@@H](O)c3ncc(C)cn3)n2-c2c(OC)cccc2OC)n1. The molecule has 0 saturated heterocycles. The molecule has 2 N–H and O–H groups in total. The van der Waals surface area contributed by atoms with Crippen molar-refractivity contribution in [2.75, 3.05) is 26.1 Å². The molecule has 0 aliphatic carbocycles. The number of nitrogens with zero attached hydrogens (tertiary/aromatic N) is 6. The standard InChI is InChI=1S/C24H27N7O6S/c1-14-12-25-22(26-13-14)21(32)15(2)38(33,34)30-24-29-28-23(16-8-6-11-19(27-16)37-5)31(24)20-17(35-3)9-7-10-18(20)36-4/h6-13,15,21,32H,1-5H3,(H,29,30)/t15-,21-/m1/s1. The second kappa shape index (κ2) is 11.0. The second-order valence-electron chi connectivity index (χ2n) is 8.17. The molecule has 0 aliphatic heterocycles. The first kappa shape index (κ1) is 26.8. The number of para-hydroxylation sites is 1. The number of aliphatic hydroxyl groups is 1. The third-order valence-electron chi connectivity index (χ3n) is 5.68. The number of aromatic nitrogens is 6. The van der Waals surface area contributed by atoms with Gasteiger partial charge >= 0.3 is 0 Å². The van der Waals surface area contributed by atoms with Gasteiger partial charge in [-0.25, -0.2) is 23.4 Å². The number of pyridine rings is 1. The molecule has 0 aliphatic rings. The van der Waals surface area contributed by atoms with Crippen molar-refractivity contribution in [1.82, 2.24) is 29.7 Å². The van der Waals surface area contributed by atoms with E-state index < -0.39 is 21.4 Å².